The maximum absolute atomic E-state index is 14.1. The van der Waals surface area contributed by atoms with Gasteiger partial charge in [0.1, 0.15) is 0 Å². The largest absolute Gasteiger partial charge is 0.505 e. The van der Waals surface area contributed by atoms with Crippen molar-refractivity contribution in [2.45, 2.75) is 19.4 Å². The lowest BCUT2D eigenvalue weighted by Crippen LogP contribution is -2.58. The summed E-state index contributed by atoms with van der Waals surface area (Å²) in [5.74, 6) is -1.47. The van der Waals surface area contributed by atoms with Crippen LogP contribution >= 0.6 is 23.1 Å². The molecule has 2 aromatic carbocycles. The molecule has 1 amide bonds. The number of benzene rings is 2. The van der Waals surface area contributed by atoms with Crippen LogP contribution < -0.4 is 5.32 Å². The van der Waals surface area contributed by atoms with Crippen molar-refractivity contribution >= 4 is 39.1 Å². The Labute approximate surface area is 170 Å². The fourth-order valence-electron chi connectivity index (χ4n) is 3.55. The molecular weight excluding hydrogens is 401 g/mol. The Kier molecular flexibility index (Phi) is 4.77. The summed E-state index contributed by atoms with van der Waals surface area (Å²) >= 11 is 7.38. The summed E-state index contributed by atoms with van der Waals surface area (Å²) in [7, 11) is 0. The topological polar surface area (TPSA) is 65.5 Å². The second-order valence-electron chi connectivity index (χ2n) is 7.57. The maximum Gasteiger partial charge on any atom is 0.255 e. The fraction of sp³-hybridized carbons (Fsp3) is 0.300. The number of carbonyl (C=O) groups is 1. The van der Waals surface area contributed by atoms with E-state index in [9.17, 15) is 14.3 Å². The van der Waals surface area contributed by atoms with Crippen molar-refractivity contribution < 1.29 is 14.3 Å². The van der Waals surface area contributed by atoms with Gasteiger partial charge in [0.05, 0.1) is 15.3 Å². The number of piperazine rings is 1. The predicted octanol–water partition coefficient (Wildman–Crippen LogP) is 4.29. The number of fused-ring (bicyclic) bond motifs is 1. The van der Waals surface area contributed by atoms with Gasteiger partial charge >= 0.3 is 0 Å². The Morgan fingerprint density at radius 3 is 2.93 bits per heavy atom. The molecular formula is C20H19ClFN3O2S. The molecule has 0 bridgehead atoms. The van der Waals surface area contributed by atoms with Crippen molar-refractivity contribution in [2.75, 3.05) is 19.6 Å². The third kappa shape index (κ3) is 3.34. The molecule has 1 saturated heterocycles. The van der Waals surface area contributed by atoms with Crippen molar-refractivity contribution in [2.24, 2.45) is 0 Å². The first-order valence-electron chi connectivity index (χ1n) is 8.87. The Balaban J connectivity index is 1.82. The molecule has 1 fully saturated rings. The molecule has 1 aromatic heterocycles. The normalized spacial score (nSPS) is 16.5. The minimum atomic E-state index is -0.876. The number of halogens is 2. The van der Waals surface area contributed by atoms with Crippen LogP contribution in [0.5, 0.6) is 5.75 Å². The highest BCUT2D eigenvalue weighted by Gasteiger charge is 2.30. The first-order valence-corrected chi connectivity index (χ1v) is 10.0. The van der Waals surface area contributed by atoms with Crippen molar-refractivity contribution in [3.63, 3.8) is 0 Å². The van der Waals surface area contributed by atoms with Crippen LogP contribution in [0, 0.1) is 5.82 Å². The van der Waals surface area contributed by atoms with Crippen molar-refractivity contribution in [1.82, 2.24) is 14.6 Å². The Hall–Kier alpha value is -2.22. The summed E-state index contributed by atoms with van der Waals surface area (Å²) < 4.78 is 19.1. The summed E-state index contributed by atoms with van der Waals surface area (Å²) in [6.45, 7) is 6.04. The van der Waals surface area contributed by atoms with Crippen LogP contribution in [0.1, 0.15) is 24.2 Å². The average Bonchev–Trinajstić information content (AvgIpc) is 3.12. The van der Waals surface area contributed by atoms with E-state index in [1.54, 1.807) is 18.3 Å². The molecule has 4 rings (SSSR count). The number of aromatic nitrogens is 1. The van der Waals surface area contributed by atoms with Gasteiger partial charge in [-0.3, -0.25) is 4.79 Å². The standard InChI is InChI=1S/C20H19ClFN3O2S/c1-20(2)10-25(6-5-23-20)19(27)14-8-11(7-12-9-24-28-18(12)14)13-3-4-15(26)17(22)16(13)21/h3-4,7-9,23,26H,5-6,10H2,1-2H3. The molecule has 0 aliphatic carbocycles. The summed E-state index contributed by atoms with van der Waals surface area (Å²) in [6.07, 6.45) is 1.69. The smallest absolute Gasteiger partial charge is 0.255 e. The quantitative estimate of drug-likeness (QED) is 0.650. The monoisotopic (exact) mass is 419 g/mol. The van der Waals surface area contributed by atoms with E-state index in [1.807, 2.05) is 11.0 Å². The third-order valence-corrected chi connectivity index (χ3v) is 6.13. The number of hydrogen-bond acceptors (Lipinski definition) is 5. The number of hydrogen-bond donors (Lipinski definition) is 2. The third-order valence-electron chi connectivity index (χ3n) is 4.92. The number of nitrogens with one attached hydrogen (secondary N) is 1. The average molecular weight is 420 g/mol. The Morgan fingerprint density at radius 1 is 1.39 bits per heavy atom. The summed E-state index contributed by atoms with van der Waals surface area (Å²) in [5, 5.41) is 13.6. The summed E-state index contributed by atoms with van der Waals surface area (Å²) in [4.78, 5) is 15.1. The number of aromatic hydroxyl groups is 1. The van der Waals surface area contributed by atoms with Gasteiger partial charge in [-0.05, 0) is 55.2 Å². The van der Waals surface area contributed by atoms with E-state index in [0.29, 0.717) is 29.8 Å². The maximum atomic E-state index is 14.1. The van der Waals surface area contributed by atoms with E-state index >= 15 is 0 Å². The van der Waals surface area contributed by atoms with Crippen molar-refractivity contribution in [3.05, 3.63) is 46.9 Å². The highest BCUT2D eigenvalue weighted by atomic mass is 35.5. The molecule has 146 valence electrons. The lowest BCUT2D eigenvalue weighted by atomic mass is 9.98. The minimum absolute atomic E-state index is 0.0824. The number of phenolic OH excluding ortho intramolecular Hbond substituents is 1. The van der Waals surface area contributed by atoms with E-state index in [2.05, 4.69) is 23.5 Å². The van der Waals surface area contributed by atoms with Gasteiger partial charge in [-0.25, -0.2) is 4.39 Å². The van der Waals surface area contributed by atoms with E-state index in [-0.39, 0.29) is 16.5 Å². The van der Waals surface area contributed by atoms with Crippen molar-refractivity contribution in [1.29, 1.82) is 0 Å². The second-order valence-corrected chi connectivity index (χ2v) is 8.75. The molecule has 3 aromatic rings. The molecule has 28 heavy (non-hydrogen) atoms. The van der Waals surface area contributed by atoms with Gasteiger partial charge in [-0.15, -0.1) is 0 Å². The molecule has 2 heterocycles. The molecule has 8 heteroatoms. The zero-order valence-electron chi connectivity index (χ0n) is 15.4. The Morgan fingerprint density at radius 2 is 2.18 bits per heavy atom. The van der Waals surface area contributed by atoms with Gasteiger partial charge in [-0.1, -0.05) is 11.6 Å². The molecule has 1 aliphatic rings. The van der Waals surface area contributed by atoms with Crippen LogP contribution in [0.15, 0.2) is 30.5 Å². The number of nitrogens with zero attached hydrogens (tertiary/aromatic N) is 2. The van der Waals surface area contributed by atoms with Crippen LogP contribution in [0.4, 0.5) is 4.39 Å². The first kappa shape index (κ1) is 19.1. The molecule has 1 aliphatic heterocycles. The van der Waals surface area contributed by atoms with E-state index in [4.69, 9.17) is 11.6 Å². The van der Waals surface area contributed by atoms with Gasteiger partial charge in [0.2, 0.25) is 0 Å². The molecule has 0 atom stereocenters. The second kappa shape index (κ2) is 6.99. The zero-order chi connectivity index (χ0) is 20.1. The molecule has 0 spiro atoms. The lowest BCUT2D eigenvalue weighted by molar-refractivity contribution is 0.0654. The van der Waals surface area contributed by atoms with Gasteiger partial charge in [0, 0.05) is 42.3 Å². The molecule has 5 nitrogen and oxygen atoms in total. The fourth-order valence-corrected chi connectivity index (χ4v) is 4.55. The summed E-state index contributed by atoms with van der Waals surface area (Å²) in [6, 6.07) is 6.36. The number of amides is 1. The van der Waals surface area contributed by atoms with Crippen LogP contribution in [0.2, 0.25) is 5.02 Å². The predicted molar refractivity (Wildman–Crippen MR) is 110 cm³/mol. The lowest BCUT2D eigenvalue weighted by Gasteiger charge is -2.39. The van der Waals surface area contributed by atoms with E-state index < -0.39 is 11.6 Å². The molecule has 0 radical (unpaired) electrons. The Bertz CT molecular complexity index is 1080. The zero-order valence-corrected chi connectivity index (χ0v) is 17.0. The van der Waals surface area contributed by atoms with Gasteiger partial charge in [0.15, 0.2) is 11.6 Å². The van der Waals surface area contributed by atoms with E-state index in [0.717, 1.165) is 16.6 Å². The van der Waals surface area contributed by atoms with Gasteiger partial charge in [0.25, 0.3) is 5.91 Å². The highest BCUT2D eigenvalue weighted by molar-refractivity contribution is 7.13. The van der Waals surface area contributed by atoms with E-state index in [1.165, 1.54) is 17.6 Å². The number of carbonyl (C=O) groups excluding carboxylic acids is 1. The molecule has 2 N–H and O–H groups in total. The number of rotatable bonds is 2. The SMILES string of the molecule is CC1(C)CN(C(=O)c2cc(-c3ccc(O)c(F)c3Cl)cc3cnsc23)CCN1. The van der Waals surface area contributed by atoms with Gasteiger partial charge < -0.3 is 15.3 Å². The molecule has 0 unspecified atom stereocenters. The van der Waals surface area contributed by atoms with Crippen LogP contribution in [0.3, 0.4) is 0 Å². The van der Waals surface area contributed by atoms with Gasteiger partial charge in [-0.2, -0.15) is 4.37 Å². The molecule has 0 saturated carbocycles. The van der Waals surface area contributed by atoms with Crippen molar-refractivity contribution in [3.8, 4) is 16.9 Å². The minimum Gasteiger partial charge on any atom is -0.505 e. The summed E-state index contributed by atoms with van der Waals surface area (Å²) in [5.41, 5.74) is 1.38. The number of phenols is 1. The highest BCUT2D eigenvalue weighted by Crippen LogP contribution is 2.37. The van der Waals surface area contributed by atoms with Crippen LogP contribution in [0.25, 0.3) is 21.2 Å². The first-order chi connectivity index (χ1) is 13.3. The van der Waals surface area contributed by atoms with Crippen LogP contribution in [-0.4, -0.2) is 45.5 Å². The van der Waals surface area contributed by atoms with Crippen LogP contribution in [-0.2, 0) is 0 Å².